The van der Waals surface area contributed by atoms with Gasteiger partial charge in [0.05, 0.1) is 5.02 Å². The highest BCUT2D eigenvalue weighted by Crippen LogP contribution is 2.32. The second-order valence-electron chi connectivity index (χ2n) is 4.50. The van der Waals surface area contributed by atoms with E-state index in [-0.39, 0.29) is 21.8 Å². The summed E-state index contributed by atoms with van der Waals surface area (Å²) in [4.78, 5) is 0.0496. The summed E-state index contributed by atoms with van der Waals surface area (Å²) in [6.45, 7) is 3.90. The Hall–Kier alpha value is -0.000000000000000111. The lowest BCUT2D eigenvalue weighted by atomic mass is 10.2. The van der Waals surface area contributed by atoms with Crippen LogP contribution in [-0.4, -0.2) is 25.8 Å². The van der Waals surface area contributed by atoms with Crippen LogP contribution in [0, 0.1) is 0 Å². The van der Waals surface area contributed by atoms with Crippen molar-refractivity contribution >= 4 is 44.8 Å². The lowest BCUT2D eigenvalue weighted by molar-refractivity contribution is 0.349. The number of sulfonamides is 1. The highest BCUT2D eigenvalue weighted by Gasteiger charge is 2.28. The standard InChI is InChI=1S/C13H18Cl3NO2S/c1-4-10(5-2)17(3)20(18,19)13-6-9(8-14)11(15)7-12(13)16/h6-7,10H,4-5,8H2,1-3H3. The average Bonchev–Trinajstić information content (AvgIpc) is 2.39. The molecule has 1 aromatic carbocycles. The molecule has 0 saturated heterocycles. The van der Waals surface area contributed by atoms with Crippen LogP contribution in [-0.2, 0) is 15.9 Å². The van der Waals surface area contributed by atoms with Crippen molar-refractivity contribution in [3.05, 3.63) is 27.7 Å². The molecule has 0 aliphatic carbocycles. The van der Waals surface area contributed by atoms with Gasteiger partial charge in [-0.3, -0.25) is 0 Å². The van der Waals surface area contributed by atoms with Gasteiger partial charge in [0, 0.05) is 24.0 Å². The zero-order valence-corrected chi connectivity index (χ0v) is 14.7. The Bertz CT molecular complexity index is 571. The van der Waals surface area contributed by atoms with Crippen LogP contribution in [0.3, 0.4) is 0 Å². The Morgan fingerprint density at radius 2 is 1.70 bits per heavy atom. The van der Waals surface area contributed by atoms with E-state index in [0.29, 0.717) is 10.6 Å². The van der Waals surface area contributed by atoms with Crippen LogP contribution in [0.15, 0.2) is 17.0 Å². The second-order valence-corrected chi connectivity index (χ2v) is 7.55. The topological polar surface area (TPSA) is 37.4 Å². The molecule has 0 heterocycles. The molecule has 20 heavy (non-hydrogen) atoms. The Morgan fingerprint density at radius 1 is 1.15 bits per heavy atom. The molecule has 0 fully saturated rings. The molecule has 0 aliphatic rings. The summed E-state index contributed by atoms with van der Waals surface area (Å²) in [7, 11) is -2.09. The molecule has 0 radical (unpaired) electrons. The normalized spacial score (nSPS) is 12.4. The molecule has 114 valence electrons. The number of alkyl halides is 1. The minimum atomic E-state index is -3.66. The molecule has 0 saturated carbocycles. The number of rotatable bonds is 6. The third kappa shape index (κ3) is 3.60. The van der Waals surface area contributed by atoms with Crippen LogP contribution in [0.2, 0.25) is 10.0 Å². The van der Waals surface area contributed by atoms with Crippen LogP contribution in [0.1, 0.15) is 32.3 Å². The van der Waals surface area contributed by atoms with Crippen LogP contribution < -0.4 is 0 Å². The Morgan fingerprint density at radius 3 is 2.15 bits per heavy atom. The summed E-state index contributed by atoms with van der Waals surface area (Å²) < 4.78 is 26.7. The van der Waals surface area contributed by atoms with Gasteiger partial charge in [0.2, 0.25) is 10.0 Å². The van der Waals surface area contributed by atoms with Gasteiger partial charge in [-0.1, -0.05) is 37.0 Å². The van der Waals surface area contributed by atoms with Crippen molar-refractivity contribution in [3.63, 3.8) is 0 Å². The van der Waals surface area contributed by atoms with E-state index in [9.17, 15) is 8.42 Å². The molecule has 0 atom stereocenters. The fourth-order valence-corrected chi connectivity index (χ4v) is 4.66. The van der Waals surface area contributed by atoms with E-state index in [4.69, 9.17) is 34.8 Å². The molecule has 7 heteroatoms. The van der Waals surface area contributed by atoms with Crippen molar-refractivity contribution in [2.75, 3.05) is 7.05 Å². The van der Waals surface area contributed by atoms with Gasteiger partial charge in [-0.15, -0.1) is 11.6 Å². The average molecular weight is 359 g/mol. The monoisotopic (exact) mass is 357 g/mol. The number of hydrogen-bond acceptors (Lipinski definition) is 2. The first kappa shape index (κ1) is 18.1. The van der Waals surface area contributed by atoms with E-state index < -0.39 is 10.0 Å². The van der Waals surface area contributed by atoms with Crippen molar-refractivity contribution in [1.29, 1.82) is 0 Å². The summed E-state index contributed by atoms with van der Waals surface area (Å²) in [6.07, 6.45) is 1.47. The summed E-state index contributed by atoms with van der Waals surface area (Å²) in [6, 6.07) is 2.81. The maximum Gasteiger partial charge on any atom is 0.244 e. The first-order valence-corrected chi connectivity index (χ1v) is 9.04. The molecular weight excluding hydrogens is 341 g/mol. The lowest BCUT2D eigenvalue weighted by Gasteiger charge is -2.26. The van der Waals surface area contributed by atoms with E-state index >= 15 is 0 Å². The number of hydrogen-bond donors (Lipinski definition) is 0. The quantitative estimate of drug-likeness (QED) is 0.700. The van der Waals surface area contributed by atoms with Crippen LogP contribution in [0.25, 0.3) is 0 Å². The SMILES string of the molecule is CCC(CC)N(C)S(=O)(=O)c1cc(CCl)c(Cl)cc1Cl. The Kier molecular flexibility index (Phi) is 6.61. The molecule has 0 spiro atoms. The highest BCUT2D eigenvalue weighted by atomic mass is 35.5. The van der Waals surface area contributed by atoms with Crippen LogP contribution >= 0.6 is 34.8 Å². The summed E-state index contributed by atoms with van der Waals surface area (Å²) >= 11 is 17.8. The maximum atomic E-state index is 12.6. The molecule has 0 N–H and O–H groups in total. The second kappa shape index (κ2) is 7.32. The summed E-state index contributed by atoms with van der Waals surface area (Å²) in [5.41, 5.74) is 0.550. The minimum absolute atomic E-state index is 0.0496. The zero-order chi connectivity index (χ0) is 15.5. The maximum absolute atomic E-state index is 12.6. The molecule has 0 aliphatic heterocycles. The van der Waals surface area contributed by atoms with E-state index in [1.54, 1.807) is 7.05 Å². The van der Waals surface area contributed by atoms with Crippen LogP contribution in [0.5, 0.6) is 0 Å². The van der Waals surface area contributed by atoms with Crippen molar-refractivity contribution < 1.29 is 8.42 Å². The van der Waals surface area contributed by atoms with Gasteiger partial charge >= 0.3 is 0 Å². The first-order valence-electron chi connectivity index (χ1n) is 6.31. The van der Waals surface area contributed by atoms with Gasteiger partial charge in [-0.2, -0.15) is 4.31 Å². The van der Waals surface area contributed by atoms with E-state index in [1.807, 2.05) is 13.8 Å². The van der Waals surface area contributed by atoms with Crippen molar-refractivity contribution in [2.45, 2.75) is 43.5 Å². The van der Waals surface area contributed by atoms with Gasteiger partial charge in [0.1, 0.15) is 4.90 Å². The minimum Gasteiger partial charge on any atom is -0.207 e. The molecule has 0 unspecified atom stereocenters. The third-order valence-corrected chi connectivity index (χ3v) is 6.37. The molecular formula is C13H18Cl3NO2S. The van der Waals surface area contributed by atoms with Gasteiger partial charge in [0.25, 0.3) is 0 Å². The van der Waals surface area contributed by atoms with E-state index in [0.717, 1.165) is 12.8 Å². The summed E-state index contributed by atoms with van der Waals surface area (Å²) in [5, 5.41) is 0.482. The van der Waals surface area contributed by atoms with Crippen LogP contribution in [0.4, 0.5) is 0 Å². The number of benzene rings is 1. The highest BCUT2D eigenvalue weighted by molar-refractivity contribution is 7.89. The fraction of sp³-hybridized carbons (Fsp3) is 0.538. The zero-order valence-electron chi connectivity index (χ0n) is 11.7. The fourth-order valence-electron chi connectivity index (χ4n) is 2.03. The van der Waals surface area contributed by atoms with Crippen molar-refractivity contribution in [1.82, 2.24) is 4.31 Å². The smallest absolute Gasteiger partial charge is 0.207 e. The van der Waals surface area contributed by atoms with Gasteiger partial charge in [-0.05, 0) is 30.5 Å². The first-order chi connectivity index (χ1) is 9.29. The Balaban J connectivity index is 3.35. The molecule has 1 aromatic rings. The lowest BCUT2D eigenvalue weighted by Crippen LogP contribution is -2.36. The summed E-state index contributed by atoms with van der Waals surface area (Å²) in [5.74, 6) is 0.132. The van der Waals surface area contributed by atoms with Gasteiger partial charge in [-0.25, -0.2) is 8.42 Å². The van der Waals surface area contributed by atoms with E-state index in [1.165, 1.54) is 16.4 Å². The predicted molar refractivity (Wildman–Crippen MR) is 85.3 cm³/mol. The van der Waals surface area contributed by atoms with Crippen molar-refractivity contribution in [3.8, 4) is 0 Å². The third-order valence-electron chi connectivity index (χ3n) is 3.36. The Labute approximate surface area is 135 Å². The largest absolute Gasteiger partial charge is 0.244 e. The van der Waals surface area contributed by atoms with E-state index in [2.05, 4.69) is 0 Å². The number of halogens is 3. The molecule has 0 aromatic heterocycles. The van der Waals surface area contributed by atoms with Gasteiger partial charge < -0.3 is 0 Å². The van der Waals surface area contributed by atoms with Crippen molar-refractivity contribution in [2.24, 2.45) is 0 Å². The molecule has 0 bridgehead atoms. The molecule has 1 rings (SSSR count). The predicted octanol–water partition coefficient (Wildman–Crippen LogP) is 4.54. The molecule has 0 amide bonds. The van der Waals surface area contributed by atoms with Gasteiger partial charge in [0.15, 0.2) is 0 Å². The number of nitrogens with zero attached hydrogens (tertiary/aromatic N) is 1. The molecule has 3 nitrogen and oxygen atoms in total.